The number of aliphatic imine (C=N–C) groups is 1. The Hall–Kier alpha value is -4.40. The summed E-state index contributed by atoms with van der Waals surface area (Å²) in [7, 11) is 0. The van der Waals surface area contributed by atoms with Gasteiger partial charge in [0.25, 0.3) is 0 Å². The second-order valence-electron chi connectivity index (χ2n) is 8.29. The van der Waals surface area contributed by atoms with Crippen LogP contribution < -0.4 is 38.9 Å². The number of hydrogen-bond acceptors (Lipinski definition) is 8. The van der Waals surface area contributed by atoms with E-state index in [0.717, 1.165) is 0 Å². The number of carboxylic acid groups (broad SMARTS) is 1. The van der Waals surface area contributed by atoms with Crippen LogP contribution in [0.4, 0.5) is 0 Å². The van der Waals surface area contributed by atoms with Gasteiger partial charge in [0.05, 0.1) is 12.5 Å². The lowest BCUT2D eigenvalue weighted by molar-refractivity contribution is -0.142. The van der Waals surface area contributed by atoms with Crippen molar-refractivity contribution < 1.29 is 34.2 Å². The maximum Gasteiger partial charge on any atom is 0.326 e. The van der Waals surface area contributed by atoms with Crippen molar-refractivity contribution in [3.05, 3.63) is 29.8 Å². The highest BCUT2D eigenvalue weighted by molar-refractivity contribution is 5.96. The Bertz CT molecular complexity index is 995. The van der Waals surface area contributed by atoms with Crippen molar-refractivity contribution in [2.24, 2.45) is 27.9 Å². The van der Waals surface area contributed by atoms with Crippen molar-refractivity contribution in [2.75, 3.05) is 6.54 Å². The largest absolute Gasteiger partial charge is 0.508 e. The number of aromatic hydroxyl groups is 1. The van der Waals surface area contributed by atoms with Crippen molar-refractivity contribution in [1.29, 1.82) is 0 Å². The first-order chi connectivity index (χ1) is 17.3. The third-order valence-electron chi connectivity index (χ3n) is 5.08. The summed E-state index contributed by atoms with van der Waals surface area (Å²) in [5, 5.41) is 25.7. The number of phenolic OH excluding ortho intramolecular Hbond substituents is 1. The number of guanidine groups is 1. The Morgan fingerprint density at radius 2 is 1.51 bits per heavy atom. The second kappa shape index (κ2) is 14.9. The molecule has 15 nitrogen and oxygen atoms in total. The van der Waals surface area contributed by atoms with Gasteiger partial charge in [-0.25, -0.2) is 4.79 Å². The molecule has 1 rings (SSSR count). The number of primary amides is 1. The summed E-state index contributed by atoms with van der Waals surface area (Å²) in [6, 6.07) is 1.07. The first kappa shape index (κ1) is 30.6. The second-order valence-corrected chi connectivity index (χ2v) is 8.29. The zero-order valence-electron chi connectivity index (χ0n) is 20.3. The van der Waals surface area contributed by atoms with Crippen LogP contribution >= 0.6 is 0 Å². The molecule has 4 amide bonds. The topological polar surface area (TPSA) is 278 Å². The lowest BCUT2D eigenvalue weighted by Crippen LogP contribution is -2.57. The van der Waals surface area contributed by atoms with E-state index >= 15 is 0 Å². The minimum atomic E-state index is -1.49. The lowest BCUT2D eigenvalue weighted by Gasteiger charge is -2.23. The molecule has 1 aromatic carbocycles. The van der Waals surface area contributed by atoms with Crippen molar-refractivity contribution in [3.8, 4) is 5.75 Å². The van der Waals surface area contributed by atoms with Gasteiger partial charge in [-0.15, -0.1) is 0 Å². The number of carboxylic acids is 1. The van der Waals surface area contributed by atoms with E-state index in [2.05, 4.69) is 20.9 Å². The van der Waals surface area contributed by atoms with Gasteiger partial charge < -0.3 is 49.1 Å². The van der Waals surface area contributed by atoms with Crippen LogP contribution in [0, 0.1) is 0 Å². The van der Waals surface area contributed by atoms with E-state index in [9.17, 15) is 34.2 Å². The third-order valence-corrected chi connectivity index (χ3v) is 5.08. The van der Waals surface area contributed by atoms with Gasteiger partial charge in [0, 0.05) is 6.54 Å². The van der Waals surface area contributed by atoms with Gasteiger partial charge in [-0.1, -0.05) is 12.1 Å². The van der Waals surface area contributed by atoms with E-state index in [1.54, 1.807) is 12.1 Å². The number of nitrogens with one attached hydrogen (secondary N) is 3. The van der Waals surface area contributed by atoms with Crippen LogP contribution in [0.25, 0.3) is 0 Å². The molecule has 4 atom stereocenters. The highest BCUT2D eigenvalue weighted by atomic mass is 16.4. The zero-order valence-corrected chi connectivity index (χ0v) is 20.3. The Morgan fingerprint density at radius 1 is 0.919 bits per heavy atom. The first-order valence-electron chi connectivity index (χ1n) is 11.3. The maximum absolute atomic E-state index is 12.7. The van der Waals surface area contributed by atoms with E-state index in [4.69, 9.17) is 22.9 Å². The summed E-state index contributed by atoms with van der Waals surface area (Å²) in [4.78, 5) is 64.4. The molecular formula is C22H34N8O7. The highest BCUT2D eigenvalue weighted by Crippen LogP contribution is 2.11. The fourth-order valence-corrected chi connectivity index (χ4v) is 3.11. The molecular weight excluding hydrogens is 488 g/mol. The molecule has 15 heteroatoms. The Kier molecular flexibility index (Phi) is 12.3. The number of nitrogens with two attached hydrogens (primary N) is 4. The number of nitrogens with zero attached hydrogens (tertiary/aromatic N) is 1. The van der Waals surface area contributed by atoms with E-state index in [1.165, 1.54) is 19.1 Å². The van der Waals surface area contributed by atoms with Crippen molar-refractivity contribution in [2.45, 2.75) is 56.8 Å². The van der Waals surface area contributed by atoms with Gasteiger partial charge in [0.15, 0.2) is 5.96 Å². The van der Waals surface area contributed by atoms with Crippen LogP contribution in [0.1, 0.15) is 31.7 Å². The molecule has 0 aliphatic carbocycles. The molecule has 0 radical (unpaired) electrons. The van der Waals surface area contributed by atoms with Gasteiger partial charge in [0.1, 0.15) is 23.9 Å². The predicted molar refractivity (Wildman–Crippen MR) is 133 cm³/mol. The van der Waals surface area contributed by atoms with Crippen LogP contribution in [0.3, 0.4) is 0 Å². The van der Waals surface area contributed by atoms with Gasteiger partial charge in [-0.05, 0) is 43.9 Å². The minimum Gasteiger partial charge on any atom is -0.508 e. The van der Waals surface area contributed by atoms with Gasteiger partial charge >= 0.3 is 5.97 Å². The summed E-state index contributed by atoms with van der Waals surface area (Å²) in [6.07, 6.45) is -0.276. The molecule has 0 spiro atoms. The summed E-state index contributed by atoms with van der Waals surface area (Å²) >= 11 is 0. The fraction of sp³-hybridized carbons (Fsp3) is 0.455. The minimum absolute atomic E-state index is 0.0273. The fourth-order valence-electron chi connectivity index (χ4n) is 3.11. The lowest BCUT2D eigenvalue weighted by atomic mass is 10.1. The van der Waals surface area contributed by atoms with Crippen molar-refractivity contribution in [1.82, 2.24) is 16.0 Å². The number of carbonyl (C=O) groups is 5. The maximum atomic E-state index is 12.7. The molecule has 13 N–H and O–H groups in total. The highest BCUT2D eigenvalue weighted by Gasteiger charge is 2.29. The number of hydrogen-bond donors (Lipinski definition) is 9. The molecule has 0 aromatic heterocycles. The summed E-state index contributed by atoms with van der Waals surface area (Å²) in [6.45, 7) is 1.47. The smallest absolute Gasteiger partial charge is 0.326 e. The normalized spacial score (nSPS) is 13.8. The molecule has 0 saturated carbocycles. The molecule has 0 heterocycles. The summed E-state index contributed by atoms with van der Waals surface area (Å²) in [5.41, 5.74) is 22.2. The Labute approximate surface area is 213 Å². The molecule has 0 saturated heterocycles. The van der Waals surface area contributed by atoms with E-state index in [1.807, 2.05) is 0 Å². The van der Waals surface area contributed by atoms with Gasteiger partial charge in [-0.2, -0.15) is 0 Å². The molecule has 204 valence electrons. The average molecular weight is 523 g/mol. The Balaban J connectivity index is 2.75. The molecule has 0 aliphatic heterocycles. The predicted octanol–water partition coefficient (Wildman–Crippen LogP) is -3.25. The third kappa shape index (κ3) is 11.7. The molecule has 1 aromatic rings. The number of benzene rings is 1. The van der Waals surface area contributed by atoms with Gasteiger partial charge in [0.2, 0.25) is 23.6 Å². The zero-order chi connectivity index (χ0) is 28.1. The number of aliphatic carboxylic acids is 1. The van der Waals surface area contributed by atoms with Crippen molar-refractivity contribution >= 4 is 35.6 Å². The molecule has 0 aliphatic rings. The van der Waals surface area contributed by atoms with E-state index < -0.39 is 60.2 Å². The molecule has 0 bridgehead atoms. The van der Waals surface area contributed by atoms with E-state index in [0.29, 0.717) is 5.56 Å². The van der Waals surface area contributed by atoms with Crippen LogP contribution in [0.5, 0.6) is 5.75 Å². The SMILES string of the molecule is CC(NC(=O)C(N)Cc1ccc(O)cc1)C(=O)NC(CC(N)=O)C(=O)NC(CCCN=C(N)N)C(=O)O. The molecule has 37 heavy (non-hydrogen) atoms. The Morgan fingerprint density at radius 3 is 2.05 bits per heavy atom. The molecule has 0 fully saturated rings. The number of carbonyl (C=O) groups excluding carboxylic acids is 4. The van der Waals surface area contributed by atoms with Crippen LogP contribution in [-0.4, -0.2) is 76.5 Å². The standard InChI is InChI=1S/C22H34N8O7/c1-11(28-19(34)14(23)9-12-4-6-13(31)7-5-12)18(33)30-16(10-17(24)32)20(35)29-15(21(36)37)3-2-8-27-22(25)26/h4-7,11,14-16,31H,2-3,8-10,23H2,1H3,(H2,24,32)(H,28,34)(H,29,35)(H,30,33)(H,36,37)(H4,25,26,27). The van der Waals surface area contributed by atoms with Crippen LogP contribution in [-0.2, 0) is 30.4 Å². The number of amides is 4. The average Bonchev–Trinajstić information content (AvgIpc) is 2.81. The molecule has 4 unspecified atom stereocenters. The number of phenols is 1. The summed E-state index contributed by atoms with van der Waals surface area (Å²) < 4.78 is 0. The van der Waals surface area contributed by atoms with E-state index in [-0.39, 0.29) is 37.5 Å². The monoisotopic (exact) mass is 522 g/mol. The summed E-state index contributed by atoms with van der Waals surface area (Å²) in [5.74, 6) is -4.81. The van der Waals surface area contributed by atoms with Crippen LogP contribution in [0.2, 0.25) is 0 Å². The van der Waals surface area contributed by atoms with Crippen LogP contribution in [0.15, 0.2) is 29.3 Å². The first-order valence-corrected chi connectivity index (χ1v) is 11.3. The quantitative estimate of drug-likeness (QED) is 0.0630. The van der Waals surface area contributed by atoms with Gasteiger partial charge in [-0.3, -0.25) is 24.2 Å². The van der Waals surface area contributed by atoms with Crippen molar-refractivity contribution in [3.63, 3.8) is 0 Å². The number of rotatable bonds is 15.